The molecule has 2 aromatic rings. The maximum Gasteiger partial charge on any atom is 0.339 e. The molecule has 2 rings (SSSR count). The minimum absolute atomic E-state index is 0.00921. The fourth-order valence-corrected chi connectivity index (χ4v) is 1.91. The summed E-state index contributed by atoms with van der Waals surface area (Å²) in [6.07, 6.45) is 0. The van der Waals surface area contributed by atoms with E-state index in [0.717, 1.165) is 5.56 Å². The lowest BCUT2D eigenvalue weighted by Gasteiger charge is -2.10. The molecule has 0 amide bonds. The first-order valence-electron chi connectivity index (χ1n) is 6.15. The van der Waals surface area contributed by atoms with Crippen LogP contribution in [0.25, 0.3) is 0 Å². The van der Waals surface area contributed by atoms with Crippen LogP contribution in [-0.2, 0) is 0 Å². The third-order valence-corrected chi connectivity index (χ3v) is 2.96. The molecular formula is C15H13NO5. The Morgan fingerprint density at radius 1 is 1.19 bits per heavy atom. The van der Waals surface area contributed by atoms with Gasteiger partial charge in [-0.25, -0.2) is 4.79 Å². The van der Waals surface area contributed by atoms with E-state index >= 15 is 0 Å². The molecule has 0 atom stereocenters. The van der Waals surface area contributed by atoms with Crippen LogP contribution in [0.2, 0.25) is 0 Å². The number of carbonyl (C=O) groups is 1. The highest BCUT2D eigenvalue weighted by atomic mass is 16.6. The highest BCUT2D eigenvalue weighted by molar-refractivity contribution is 5.91. The number of nitro benzene ring substituents is 1. The van der Waals surface area contributed by atoms with Crippen LogP contribution < -0.4 is 4.74 Å². The molecule has 6 heteroatoms. The van der Waals surface area contributed by atoms with E-state index in [1.54, 1.807) is 19.1 Å². The van der Waals surface area contributed by atoms with E-state index in [0.29, 0.717) is 11.3 Å². The summed E-state index contributed by atoms with van der Waals surface area (Å²) in [4.78, 5) is 21.5. The first-order chi connectivity index (χ1) is 9.88. The lowest BCUT2D eigenvalue weighted by Crippen LogP contribution is -2.00. The number of ether oxygens (including phenoxy) is 1. The summed E-state index contributed by atoms with van der Waals surface area (Å²) in [6, 6.07) is 9.04. The van der Waals surface area contributed by atoms with Crippen LogP contribution in [0.4, 0.5) is 5.69 Å². The van der Waals surface area contributed by atoms with E-state index < -0.39 is 10.9 Å². The van der Waals surface area contributed by atoms with Gasteiger partial charge in [0.15, 0.2) is 0 Å². The topological polar surface area (TPSA) is 89.7 Å². The summed E-state index contributed by atoms with van der Waals surface area (Å²) in [7, 11) is 0. The summed E-state index contributed by atoms with van der Waals surface area (Å²) in [5.74, 6) is -0.536. The Bertz CT molecular complexity index is 724. The number of carboxylic acid groups (broad SMARTS) is 1. The molecule has 0 aliphatic carbocycles. The van der Waals surface area contributed by atoms with Gasteiger partial charge in [0.05, 0.1) is 4.92 Å². The molecule has 0 fully saturated rings. The van der Waals surface area contributed by atoms with Gasteiger partial charge in [0, 0.05) is 11.6 Å². The number of benzene rings is 2. The molecule has 0 spiro atoms. The predicted octanol–water partition coefficient (Wildman–Crippen LogP) is 3.70. The van der Waals surface area contributed by atoms with Gasteiger partial charge in [0.25, 0.3) is 5.69 Å². The fourth-order valence-electron chi connectivity index (χ4n) is 1.91. The maximum absolute atomic E-state index is 11.2. The first-order valence-corrected chi connectivity index (χ1v) is 6.15. The highest BCUT2D eigenvalue weighted by Gasteiger charge is 2.14. The monoisotopic (exact) mass is 287 g/mol. The third-order valence-electron chi connectivity index (χ3n) is 2.96. The lowest BCUT2D eigenvalue weighted by molar-refractivity contribution is -0.385. The van der Waals surface area contributed by atoms with Crippen molar-refractivity contribution in [2.75, 3.05) is 0 Å². The summed E-state index contributed by atoms with van der Waals surface area (Å²) in [5, 5.41) is 19.9. The number of rotatable bonds is 4. The predicted molar refractivity (Wildman–Crippen MR) is 76.0 cm³/mol. The standard InChI is InChI=1S/C15H13NO5/c1-9-3-5-12(15(17)18)14(7-9)21-11-4-6-13(16(19)20)10(2)8-11/h3-8H,1-2H3,(H,17,18). The second-order valence-electron chi connectivity index (χ2n) is 4.61. The van der Waals surface area contributed by atoms with Crippen molar-refractivity contribution >= 4 is 11.7 Å². The van der Waals surface area contributed by atoms with Gasteiger partial charge in [-0.1, -0.05) is 6.07 Å². The molecule has 0 aliphatic heterocycles. The molecule has 108 valence electrons. The Morgan fingerprint density at radius 2 is 1.90 bits per heavy atom. The second kappa shape index (κ2) is 5.62. The molecule has 21 heavy (non-hydrogen) atoms. The molecule has 0 unspecified atom stereocenters. The Labute approximate surface area is 120 Å². The normalized spacial score (nSPS) is 10.2. The number of carboxylic acids is 1. The lowest BCUT2D eigenvalue weighted by atomic mass is 10.1. The SMILES string of the molecule is Cc1ccc(C(=O)O)c(Oc2ccc([N+](=O)[O-])c(C)c2)c1. The molecule has 0 aliphatic rings. The average Bonchev–Trinajstić information content (AvgIpc) is 2.37. The average molecular weight is 287 g/mol. The zero-order valence-corrected chi connectivity index (χ0v) is 11.5. The third kappa shape index (κ3) is 3.17. The largest absolute Gasteiger partial charge is 0.478 e. The minimum Gasteiger partial charge on any atom is -0.478 e. The van der Waals surface area contributed by atoms with Gasteiger partial charge < -0.3 is 9.84 Å². The number of aromatic carboxylic acids is 1. The summed E-state index contributed by atoms with van der Waals surface area (Å²) >= 11 is 0. The van der Waals surface area contributed by atoms with E-state index in [1.165, 1.54) is 24.3 Å². The van der Waals surface area contributed by atoms with Crippen molar-refractivity contribution in [3.63, 3.8) is 0 Å². The smallest absolute Gasteiger partial charge is 0.339 e. The van der Waals surface area contributed by atoms with Crippen LogP contribution in [-0.4, -0.2) is 16.0 Å². The van der Waals surface area contributed by atoms with E-state index in [1.807, 2.05) is 6.92 Å². The van der Waals surface area contributed by atoms with Crippen molar-refractivity contribution in [2.45, 2.75) is 13.8 Å². The summed E-state index contributed by atoms with van der Waals surface area (Å²) < 4.78 is 5.56. The Balaban J connectivity index is 2.38. The molecule has 0 bridgehead atoms. The van der Waals surface area contributed by atoms with Crippen LogP contribution in [0.15, 0.2) is 36.4 Å². The van der Waals surface area contributed by atoms with Crippen LogP contribution in [0.3, 0.4) is 0 Å². The number of nitrogens with zero attached hydrogens (tertiary/aromatic N) is 1. The van der Waals surface area contributed by atoms with Crippen LogP contribution in [0, 0.1) is 24.0 Å². The molecule has 6 nitrogen and oxygen atoms in total. The van der Waals surface area contributed by atoms with Crippen LogP contribution >= 0.6 is 0 Å². The minimum atomic E-state index is -1.09. The van der Waals surface area contributed by atoms with Gasteiger partial charge in [-0.3, -0.25) is 10.1 Å². The van der Waals surface area contributed by atoms with Crippen molar-refractivity contribution < 1.29 is 19.6 Å². The summed E-state index contributed by atoms with van der Waals surface area (Å²) in [5.41, 5.74) is 1.33. The maximum atomic E-state index is 11.2. The highest BCUT2D eigenvalue weighted by Crippen LogP contribution is 2.29. The van der Waals surface area contributed by atoms with Gasteiger partial charge in [-0.15, -0.1) is 0 Å². The zero-order chi connectivity index (χ0) is 15.6. The number of aryl methyl sites for hydroxylation is 2. The number of hydrogen-bond donors (Lipinski definition) is 1. The van der Waals surface area contributed by atoms with Crippen LogP contribution in [0.5, 0.6) is 11.5 Å². The van der Waals surface area contributed by atoms with Crippen molar-refractivity contribution in [2.24, 2.45) is 0 Å². The van der Waals surface area contributed by atoms with Gasteiger partial charge in [0.2, 0.25) is 0 Å². The molecule has 0 saturated carbocycles. The van der Waals surface area contributed by atoms with E-state index in [-0.39, 0.29) is 17.0 Å². The van der Waals surface area contributed by atoms with E-state index in [2.05, 4.69) is 0 Å². The Kier molecular flexibility index (Phi) is 3.89. The molecule has 1 N–H and O–H groups in total. The molecular weight excluding hydrogens is 274 g/mol. The fraction of sp³-hybridized carbons (Fsp3) is 0.133. The Hall–Kier alpha value is -2.89. The first kappa shape index (κ1) is 14.5. The molecule has 0 radical (unpaired) electrons. The zero-order valence-electron chi connectivity index (χ0n) is 11.5. The van der Waals surface area contributed by atoms with Crippen molar-refractivity contribution in [3.8, 4) is 11.5 Å². The van der Waals surface area contributed by atoms with Gasteiger partial charge in [0.1, 0.15) is 17.1 Å². The quantitative estimate of drug-likeness (QED) is 0.684. The Morgan fingerprint density at radius 3 is 2.48 bits per heavy atom. The summed E-state index contributed by atoms with van der Waals surface area (Å²) in [6.45, 7) is 3.42. The van der Waals surface area contributed by atoms with E-state index in [4.69, 9.17) is 9.84 Å². The van der Waals surface area contributed by atoms with Crippen molar-refractivity contribution in [3.05, 3.63) is 63.2 Å². The second-order valence-corrected chi connectivity index (χ2v) is 4.61. The van der Waals surface area contributed by atoms with Gasteiger partial charge in [-0.2, -0.15) is 0 Å². The van der Waals surface area contributed by atoms with E-state index in [9.17, 15) is 14.9 Å². The van der Waals surface area contributed by atoms with Crippen molar-refractivity contribution in [1.82, 2.24) is 0 Å². The number of nitro groups is 1. The molecule has 0 saturated heterocycles. The molecule has 0 aromatic heterocycles. The number of hydrogen-bond acceptors (Lipinski definition) is 4. The molecule has 2 aromatic carbocycles. The van der Waals surface area contributed by atoms with Gasteiger partial charge in [-0.05, 0) is 43.7 Å². The van der Waals surface area contributed by atoms with Gasteiger partial charge >= 0.3 is 5.97 Å². The van der Waals surface area contributed by atoms with Crippen molar-refractivity contribution in [1.29, 1.82) is 0 Å². The van der Waals surface area contributed by atoms with Crippen LogP contribution in [0.1, 0.15) is 21.5 Å². The molecule has 0 heterocycles.